The van der Waals surface area contributed by atoms with Crippen LogP contribution in [0.5, 0.6) is 0 Å². The number of halogens is 1. The molecule has 16 heavy (non-hydrogen) atoms. The lowest BCUT2D eigenvalue weighted by atomic mass is 9.91. The van der Waals surface area contributed by atoms with Crippen LogP contribution in [0.1, 0.15) is 31.2 Å². The lowest BCUT2D eigenvalue weighted by Crippen LogP contribution is -2.32. The van der Waals surface area contributed by atoms with Crippen LogP contribution in [-0.2, 0) is 0 Å². The fraction of sp³-hybridized carbons (Fsp3) is 0.538. The SMILES string of the molecule is Cc1ccc(Br)c(NC2CCC(N)CC2)c1. The first kappa shape index (κ1) is 11.9. The Kier molecular flexibility index (Phi) is 3.87. The summed E-state index contributed by atoms with van der Waals surface area (Å²) in [4.78, 5) is 0. The van der Waals surface area contributed by atoms with Crippen molar-refractivity contribution >= 4 is 21.6 Å². The van der Waals surface area contributed by atoms with Gasteiger partial charge < -0.3 is 11.1 Å². The van der Waals surface area contributed by atoms with Crippen LogP contribution in [0, 0.1) is 6.92 Å². The number of aryl methyl sites for hydroxylation is 1. The van der Waals surface area contributed by atoms with E-state index in [0.29, 0.717) is 12.1 Å². The first-order valence-corrected chi connectivity index (χ1v) is 6.73. The minimum Gasteiger partial charge on any atom is -0.381 e. The molecule has 1 aromatic carbocycles. The molecular weight excluding hydrogens is 264 g/mol. The van der Waals surface area contributed by atoms with Gasteiger partial charge in [0, 0.05) is 22.2 Å². The van der Waals surface area contributed by atoms with Crippen molar-refractivity contribution in [3.63, 3.8) is 0 Å². The maximum Gasteiger partial charge on any atom is 0.0489 e. The van der Waals surface area contributed by atoms with Crippen LogP contribution in [0.15, 0.2) is 22.7 Å². The van der Waals surface area contributed by atoms with E-state index in [1.165, 1.54) is 24.1 Å². The van der Waals surface area contributed by atoms with Gasteiger partial charge in [0.15, 0.2) is 0 Å². The molecule has 0 atom stereocenters. The maximum absolute atomic E-state index is 5.91. The summed E-state index contributed by atoms with van der Waals surface area (Å²) < 4.78 is 1.15. The van der Waals surface area contributed by atoms with Crippen LogP contribution < -0.4 is 11.1 Å². The Bertz CT molecular complexity index is 357. The van der Waals surface area contributed by atoms with Crippen molar-refractivity contribution in [2.45, 2.75) is 44.7 Å². The zero-order chi connectivity index (χ0) is 11.5. The molecule has 0 unspecified atom stereocenters. The highest BCUT2D eigenvalue weighted by molar-refractivity contribution is 9.10. The first-order valence-electron chi connectivity index (χ1n) is 5.93. The molecule has 1 saturated carbocycles. The van der Waals surface area contributed by atoms with E-state index < -0.39 is 0 Å². The van der Waals surface area contributed by atoms with Crippen molar-refractivity contribution in [3.8, 4) is 0 Å². The average molecular weight is 283 g/mol. The number of hydrogen-bond donors (Lipinski definition) is 2. The summed E-state index contributed by atoms with van der Waals surface area (Å²) >= 11 is 3.58. The second-order valence-corrected chi connectivity index (χ2v) is 5.59. The minimum atomic E-state index is 0.416. The summed E-state index contributed by atoms with van der Waals surface area (Å²) in [6, 6.07) is 7.41. The van der Waals surface area contributed by atoms with E-state index in [1.807, 2.05) is 0 Å². The topological polar surface area (TPSA) is 38.0 Å². The summed E-state index contributed by atoms with van der Waals surface area (Å²) in [6.45, 7) is 2.12. The molecule has 0 bridgehead atoms. The summed E-state index contributed by atoms with van der Waals surface area (Å²) in [5, 5.41) is 3.61. The fourth-order valence-electron chi connectivity index (χ4n) is 2.23. The van der Waals surface area contributed by atoms with E-state index in [-0.39, 0.29) is 0 Å². The van der Waals surface area contributed by atoms with E-state index in [9.17, 15) is 0 Å². The fourth-order valence-corrected chi connectivity index (χ4v) is 2.59. The number of hydrogen-bond acceptors (Lipinski definition) is 2. The summed E-state index contributed by atoms with van der Waals surface area (Å²) in [5.74, 6) is 0. The van der Waals surface area contributed by atoms with E-state index in [1.54, 1.807) is 0 Å². The minimum absolute atomic E-state index is 0.416. The summed E-state index contributed by atoms with van der Waals surface area (Å²) in [5.41, 5.74) is 8.41. The molecule has 0 spiro atoms. The molecule has 0 amide bonds. The van der Waals surface area contributed by atoms with Crippen molar-refractivity contribution in [3.05, 3.63) is 28.2 Å². The maximum atomic E-state index is 5.91. The normalized spacial score (nSPS) is 25.4. The monoisotopic (exact) mass is 282 g/mol. The molecular formula is C13H19BrN2. The van der Waals surface area contributed by atoms with Gasteiger partial charge in [-0.25, -0.2) is 0 Å². The Labute approximate surface area is 106 Å². The Morgan fingerprint density at radius 2 is 1.94 bits per heavy atom. The molecule has 88 valence electrons. The molecule has 2 nitrogen and oxygen atoms in total. The Hall–Kier alpha value is -0.540. The van der Waals surface area contributed by atoms with Gasteiger partial charge in [-0.05, 0) is 66.2 Å². The third kappa shape index (κ3) is 2.98. The molecule has 0 radical (unpaired) electrons. The lowest BCUT2D eigenvalue weighted by Gasteiger charge is -2.28. The quantitative estimate of drug-likeness (QED) is 0.872. The average Bonchev–Trinajstić information content (AvgIpc) is 2.27. The molecule has 3 N–H and O–H groups in total. The van der Waals surface area contributed by atoms with Gasteiger partial charge in [0.05, 0.1) is 0 Å². The van der Waals surface area contributed by atoms with Gasteiger partial charge in [0.25, 0.3) is 0 Å². The molecule has 1 aliphatic carbocycles. The number of nitrogens with two attached hydrogens (primary N) is 1. The van der Waals surface area contributed by atoms with Crippen molar-refractivity contribution in [2.75, 3.05) is 5.32 Å². The molecule has 3 heteroatoms. The van der Waals surface area contributed by atoms with Gasteiger partial charge in [-0.3, -0.25) is 0 Å². The number of anilines is 1. The first-order chi connectivity index (χ1) is 7.65. The van der Waals surface area contributed by atoms with Crippen LogP contribution in [-0.4, -0.2) is 12.1 Å². The molecule has 2 rings (SSSR count). The van der Waals surface area contributed by atoms with Gasteiger partial charge in [-0.1, -0.05) is 6.07 Å². The smallest absolute Gasteiger partial charge is 0.0489 e. The zero-order valence-electron chi connectivity index (χ0n) is 9.67. The predicted molar refractivity (Wildman–Crippen MR) is 72.7 cm³/mol. The molecule has 0 aromatic heterocycles. The van der Waals surface area contributed by atoms with Crippen LogP contribution >= 0.6 is 15.9 Å². The van der Waals surface area contributed by atoms with Crippen LogP contribution in [0.3, 0.4) is 0 Å². The summed E-state index contributed by atoms with van der Waals surface area (Å²) in [7, 11) is 0. The Morgan fingerprint density at radius 3 is 2.62 bits per heavy atom. The van der Waals surface area contributed by atoms with E-state index in [4.69, 9.17) is 5.73 Å². The van der Waals surface area contributed by atoms with Gasteiger partial charge in [-0.2, -0.15) is 0 Å². The van der Waals surface area contributed by atoms with E-state index >= 15 is 0 Å². The zero-order valence-corrected chi connectivity index (χ0v) is 11.3. The largest absolute Gasteiger partial charge is 0.381 e. The predicted octanol–water partition coefficient (Wildman–Crippen LogP) is 3.44. The van der Waals surface area contributed by atoms with Crippen LogP contribution in [0.4, 0.5) is 5.69 Å². The molecule has 1 aliphatic rings. The van der Waals surface area contributed by atoms with Crippen LogP contribution in [0.25, 0.3) is 0 Å². The third-order valence-electron chi connectivity index (χ3n) is 3.25. The molecule has 0 aliphatic heterocycles. The number of rotatable bonds is 2. The second-order valence-electron chi connectivity index (χ2n) is 4.74. The second kappa shape index (κ2) is 5.19. The molecule has 0 saturated heterocycles. The van der Waals surface area contributed by atoms with Crippen molar-refractivity contribution in [1.29, 1.82) is 0 Å². The Balaban J connectivity index is 2.00. The van der Waals surface area contributed by atoms with Gasteiger partial charge in [0.1, 0.15) is 0 Å². The summed E-state index contributed by atoms with van der Waals surface area (Å²) in [6.07, 6.45) is 4.64. The van der Waals surface area contributed by atoms with Crippen molar-refractivity contribution < 1.29 is 0 Å². The van der Waals surface area contributed by atoms with Crippen molar-refractivity contribution in [1.82, 2.24) is 0 Å². The van der Waals surface area contributed by atoms with Gasteiger partial charge in [0.2, 0.25) is 0 Å². The van der Waals surface area contributed by atoms with E-state index in [2.05, 4.69) is 46.4 Å². The Morgan fingerprint density at radius 1 is 1.25 bits per heavy atom. The lowest BCUT2D eigenvalue weighted by molar-refractivity contribution is 0.411. The van der Waals surface area contributed by atoms with Crippen LogP contribution in [0.2, 0.25) is 0 Å². The molecule has 1 fully saturated rings. The standard InChI is InChI=1S/C13H19BrN2/c1-9-2-7-12(14)13(8-9)16-11-5-3-10(15)4-6-11/h2,7-8,10-11,16H,3-6,15H2,1H3. The number of benzene rings is 1. The number of nitrogens with one attached hydrogen (secondary N) is 1. The molecule has 0 heterocycles. The highest BCUT2D eigenvalue weighted by atomic mass is 79.9. The third-order valence-corrected chi connectivity index (χ3v) is 3.94. The highest BCUT2D eigenvalue weighted by Crippen LogP contribution is 2.27. The van der Waals surface area contributed by atoms with Gasteiger partial charge >= 0.3 is 0 Å². The van der Waals surface area contributed by atoms with E-state index in [0.717, 1.165) is 17.3 Å². The van der Waals surface area contributed by atoms with Gasteiger partial charge in [-0.15, -0.1) is 0 Å². The molecule has 1 aromatic rings. The van der Waals surface area contributed by atoms with Crippen molar-refractivity contribution in [2.24, 2.45) is 5.73 Å². The highest BCUT2D eigenvalue weighted by Gasteiger charge is 2.18.